The largest absolute Gasteiger partial charge is 0.375 e. The van der Waals surface area contributed by atoms with E-state index in [9.17, 15) is 0 Å². The van der Waals surface area contributed by atoms with Crippen molar-refractivity contribution < 1.29 is 4.74 Å². The number of piperidine rings is 1. The molecule has 1 aliphatic heterocycles. The summed E-state index contributed by atoms with van der Waals surface area (Å²) in [5, 5.41) is 3.39. The molecule has 13 heavy (non-hydrogen) atoms. The maximum Gasteiger partial charge on any atom is 0.0628 e. The topological polar surface area (TPSA) is 21.3 Å². The van der Waals surface area contributed by atoms with E-state index in [1.165, 1.54) is 0 Å². The van der Waals surface area contributed by atoms with Gasteiger partial charge in [-0.15, -0.1) is 0 Å². The minimum absolute atomic E-state index is 0.394. The second-order valence-corrected chi connectivity index (χ2v) is 4.59. The van der Waals surface area contributed by atoms with Crippen molar-refractivity contribution in [1.29, 1.82) is 0 Å². The van der Waals surface area contributed by atoms with E-state index in [4.69, 9.17) is 4.74 Å². The molecule has 0 aliphatic carbocycles. The first-order chi connectivity index (χ1) is 6.11. The normalized spacial score (nSPS) is 32.1. The summed E-state index contributed by atoms with van der Waals surface area (Å²) in [6.07, 6.45) is 2.03. The average Bonchev–Trinajstić information content (AvgIpc) is 2.08. The first-order valence-corrected chi connectivity index (χ1v) is 5.47. The maximum absolute atomic E-state index is 6.02. The zero-order chi connectivity index (χ0) is 9.84. The van der Waals surface area contributed by atoms with E-state index in [0.29, 0.717) is 24.0 Å². The molecule has 3 unspecified atom stereocenters. The van der Waals surface area contributed by atoms with E-state index in [2.05, 4.69) is 33.0 Å². The van der Waals surface area contributed by atoms with Crippen molar-refractivity contribution in [3.05, 3.63) is 0 Å². The summed E-state index contributed by atoms with van der Waals surface area (Å²) in [5.74, 6) is 1.29. The summed E-state index contributed by atoms with van der Waals surface area (Å²) < 4.78 is 6.02. The third kappa shape index (κ3) is 3.28. The third-order valence-electron chi connectivity index (χ3n) is 3.03. The molecule has 0 radical (unpaired) electrons. The van der Waals surface area contributed by atoms with Gasteiger partial charge in [0.15, 0.2) is 0 Å². The molecule has 1 N–H and O–H groups in total. The van der Waals surface area contributed by atoms with Crippen molar-refractivity contribution in [3.63, 3.8) is 0 Å². The summed E-state index contributed by atoms with van der Waals surface area (Å²) in [5.41, 5.74) is 0. The molecule has 2 nitrogen and oxygen atoms in total. The van der Waals surface area contributed by atoms with Crippen molar-refractivity contribution in [2.75, 3.05) is 13.1 Å². The molecule has 0 spiro atoms. The Bertz CT molecular complexity index is 147. The molecule has 0 aromatic heterocycles. The van der Waals surface area contributed by atoms with Gasteiger partial charge in [0.25, 0.3) is 0 Å². The lowest BCUT2D eigenvalue weighted by Crippen LogP contribution is -2.41. The number of hydrogen-bond acceptors (Lipinski definition) is 2. The molecule has 0 bridgehead atoms. The monoisotopic (exact) mass is 185 g/mol. The molecule has 0 saturated carbocycles. The quantitative estimate of drug-likeness (QED) is 0.726. The minimum atomic E-state index is 0.394. The number of nitrogens with one attached hydrogen (secondary N) is 1. The molecule has 2 heteroatoms. The lowest BCUT2D eigenvalue weighted by Gasteiger charge is -2.33. The van der Waals surface area contributed by atoms with E-state index < -0.39 is 0 Å². The zero-order valence-corrected chi connectivity index (χ0v) is 9.34. The smallest absolute Gasteiger partial charge is 0.0628 e. The van der Waals surface area contributed by atoms with Gasteiger partial charge in [-0.05, 0) is 31.7 Å². The molecular formula is C11H23NO. The van der Waals surface area contributed by atoms with Gasteiger partial charge < -0.3 is 10.1 Å². The number of ether oxygens (including phenoxy) is 1. The predicted octanol–water partition coefficient (Wildman–Crippen LogP) is 2.05. The second kappa shape index (κ2) is 4.97. The van der Waals surface area contributed by atoms with Gasteiger partial charge in [0.2, 0.25) is 0 Å². The summed E-state index contributed by atoms with van der Waals surface area (Å²) in [6.45, 7) is 11.1. The highest BCUT2D eigenvalue weighted by Crippen LogP contribution is 2.18. The number of rotatable bonds is 3. The fourth-order valence-corrected chi connectivity index (χ4v) is 1.63. The van der Waals surface area contributed by atoms with Gasteiger partial charge in [0, 0.05) is 6.54 Å². The zero-order valence-electron chi connectivity index (χ0n) is 9.34. The molecule has 78 valence electrons. The van der Waals surface area contributed by atoms with Gasteiger partial charge in [0.1, 0.15) is 0 Å². The van der Waals surface area contributed by atoms with E-state index in [1.807, 2.05) is 0 Å². The molecule has 3 atom stereocenters. The van der Waals surface area contributed by atoms with Crippen LogP contribution in [0.1, 0.15) is 34.1 Å². The SMILES string of the molecule is CC(C)C(C)OC1CCNCC1C. The van der Waals surface area contributed by atoms with Gasteiger partial charge in [-0.2, -0.15) is 0 Å². The van der Waals surface area contributed by atoms with Gasteiger partial charge in [0.05, 0.1) is 12.2 Å². The fourth-order valence-electron chi connectivity index (χ4n) is 1.63. The summed E-state index contributed by atoms with van der Waals surface area (Å²) >= 11 is 0. The highest BCUT2D eigenvalue weighted by molar-refractivity contribution is 4.76. The standard InChI is InChI=1S/C11H23NO/c1-8(2)10(4)13-11-5-6-12-7-9(11)3/h8-12H,5-7H2,1-4H3. The Morgan fingerprint density at radius 2 is 2.00 bits per heavy atom. The Hall–Kier alpha value is -0.0800. The molecule has 1 fully saturated rings. The van der Waals surface area contributed by atoms with E-state index in [0.717, 1.165) is 19.5 Å². The molecule has 1 saturated heterocycles. The van der Waals surface area contributed by atoms with E-state index in [1.54, 1.807) is 0 Å². The van der Waals surface area contributed by atoms with Crippen LogP contribution in [0.2, 0.25) is 0 Å². The average molecular weight is 185 g/mol. The Morgan fingerprint density at radius 1 is 1.31 bits per heavy atom. The maximum atomic E-state index is 6.02. The second-order valence-electron chi connectivity index (χ2n) is 4.59. The van der Waals surface area contributed by atoms with Crippen LogP contribution < -0.4 is 5.32 Å². The molecule has 1 aliphatic rings. The van der Waals surface area contributed by atoms with Gasteiger partial charge in [-0.25, -0.2) is 0 Å². The molecule has 1 rings (SSSR count). The Balaban J connectivity index is 2.33. The van der Waals surface area contributed by atoms with E-state index >= 15 is 0 Å². The van der Waals surface area contributed by atoms with Crippen LogP contribution in [0.4, 0.5) is 0 Å². The van der Waals surface area contributed by atoms with Crippen LogP contribution in [0.5, 0.6) is 0 Å². The predicted molar refractivity (Wildman–Crippen MR) is 55.8 cm³/mol. The molecule has 1 heterocycles. The summed E-state index contributed by atoms with van der Waals surface area (Å²) in [7, 11) is 0. The van der Waals surface area contributed by atoms with Crippen LogP contribution in [0, 0.1) is 11.8 Å². The van der Waals surface area contributed by atoms with Gasteiger partial charge in [-0.3, -0.25) is 0 Å². The first-order valence-electron chi connectivity index (χ1n) is 5.47. The minimum Gasteiger partial charge on any atom is -0.375 e. The highest BCUT2D eigenvalue weighted by Gasteiger charge is 2.24. The molecule has 0 amide bonds. The van der Waals surface area contributed by atoms with Crippen molar-refractivity contribution in [2.45, 2.75) is 46.3 Å². The Kier molecular flexibility index (Phi) is 4.20. The first kappa shape index (κ1) is 11.0. The molecule has 0 aromatic carbocycles. The van der Waals surface area contributed by atoms with Crippen LogP contribution >= 0.6 is 0 Å². The van der Waals surface area contributed by atoms with Crippen LogP contribution in [0.3, 0.4) is 0 Å². The van der Waals surface area contributed by atoms with Crippen molar-refractivity contribution in [2.24, 2.45) is 11.8 Å². The van der Waals surface area contributed by atoms with Crippen LogP contribution in [-0.2, 0) is 4.74 Å². The summed E-state index contributed by atoms with van der Waals surface area (Å²) in [6, 6.07) is 0. The van der Waals surface area contributed by atoms with Crippen LogP contribution in [0.25, 0.3) is 0 Å². The Morgan fingerprint density at radius 3 is 2.54 bits per heavy atom. The third-order valence-corrected chi connectivity index (χ3v) is 3.03. The Labute approximate surface area is 82.0 Å². The van der Waals surface area contributed by atoms with Gasteiger partial charge >= 0.3 is 0 Å². The van der Waals surface area contributed by atoms with Crippen molar-refractivity contribution >= 4 is 0 Å². The van der Waals surface area contributed by atoms with Crippen molar-refractivity contribution in [1.82, 2.24) is 5.32 Å². The molecular weight excluding hydrogens is 162 g/mol. The summed E-state index contributed by atoms with van der Waals surface area (Å²) in [4.78, 5) is 0. The van der Waals surface area contributed by atoms with E-state index in [-0.39, 0.29) is 0 Å². The lowest BCUT2D eigenvalue weighted by molar-refractivity contribution is -0.0608. The lowest BCUT2D eigenvalue weighted by atomic mass is 9.97. The van der Waals surface area contributed by atoms with Gasteiger partial charge in [-0.1, -0.05) is 20.8 Å². The molecule has 0 aromatic rings. The fraction of sp³-hybridized carbons (Fsp3) is 1.00. The number of hydrogen-bond donors (Lipinski definition) is 1. The highest BCUT2D eigenvalue weighted by atomic mass is 16.5. The van der Waals surface area contributed by atoms with Crippen LogP contribution in [-0.4, -0.2) is 25.3 Å². The van der Waals surface area contributed by atoms with Crippen LogP contribution in [0.15, 0.2) is 0 Å². The van der Waals surface area contributed by atoms with Crippen molar-refractivity contribution in [3.8, 4) is 0 Å².